The van der Waals surface area contributed by atoms with Crippen molar-refractivity contribution in [1.29, 1.82) is 5.26 Å². The highest BCUT2D eigenvalue weighted by Crippen LogP contribution is 2.33. The molecular formula is C26H23F2N5O3. The van der Waals surface area contributed by atoms with E-state index in [4.69, 9.17) is 14.7 Å². The number of nitriles is 1. The highest BCUT2D eigenvalue weighted by molar-refractivity contribution is 5.70. The van der Waals surface area contributed by atoms with Crippen LogP contribution in [0.25, 0.3) is 22.6 Å². The quantitative estimate of drug-likeness (QED) is 0.426. The Kier molecular flexibility index (Phi) is 6.16. The summed E-state index contributed by atoms with van der Waals surface area (Å²) in [7, 11) is 1.32. The summed E-state index contributed by atoms with van der Waals surface area (Å²) < 4.78 is 45.0. The van der Waals surface area contributed by atoms with Gasteiger partial charge in [-0.1, -0.05) is 0 Å². The van der Waals surface area contributed by atoms with E-state index in [9.17, 15) is 4.79 Å². The standard InChI is InChI=1S/C26H23F2N5O3/c1-16-3-6-33-22(12-19-15-32(7-8-36-19)26(34)35-2)25(30-23(33)9-16)24-20(27)10-18(11-21(24)28)31-5-4-17(13-29)14-31/h3-6,9-11,14,19H,7-8,12,15H2,1-2H3/t19-/m0/s1. The van der Waals surface area contributed by atoms with Crippen LogP contribution >= 0.6 is 0 Å². The molecule has 4 heterocycles. The number of benzene rings is 1. The lowest BCUT2D eigenvalue weighted by atomic mass is 10.0. The Morgan fingerprint density at radius 2 is 2.03 bits per heavy atom. The van der Waals surface area contributed by atoms with Crippen LogP contribution in [0.2, 0.25) is 0 Å². The Balaban J connectivity index is 1.58. The third-order valence-corrected chi connectivity index (χ3v) is 6.26. The number of hydrogen-bond acceptors (Lipinski definition) is 5. The molecule has 0 radical (unpaired) electrons. The fourth-order valence-electron chi connectivity index (χ4n) is 4.50. The monoisotopic (exact) mass is 491 g/mol. The molecule has 5 rings (SSSR count). The van der Waals surface area contributed by atoms with Gasteiger partial charge >= 0.3 is 6.09 Å². The number of carbonyl (C=O) groups excluding carboxylic acids is 1. The van der Waals surface area contributed by atoms with Crippen LogP contribution in [-0.2, 0) is 15.9 Å². The summed E-state index contributed by atoms with van der Waals surface area (Å²) >= 11 is 0. The predicted octanol–water partition coefficient (Wildman–Crippen LogP) is 4.26. The lowest BCUT2D eigenvalue weighted by Crippen LogP contribution is -2.46. The molecule has 0 unspecified atom stereocenters. The number of aromatic nitrogens is 3. The molecule has 1 aliphatic rings. The molecule has 0 saturated carbocycles. The Hall–Kier alpha value is -4.23. The zero-order valence-corrected chi connectivity index (χ0v) is 19.7. The fourth-order valence-corrected chi connectivity index (χ4v) is 4.50. The molecule has 1 fully saturated rings. The highest BCUT2D eigenvalue weighted by atomic mass is 19.1. The topological polar surface area (TPSA) is 84.8 Å². The SMILES string of the molecule is COC(=O)N1CCO[C@@H](Cc2c(-c3c(F)cc(-n4ccc(C#N)c4)cc3F)nc3cc(C)ccn23)C1. The van der Waals surface area contributed by atoms with Crippen LogP contribution in [-0.4, -0.2) is 57.9 Å². The normalized spacial score (nSPS) is 15.8. The Bertz CT molecular complexity index is 1480. The number of amides is 1. The first kappa shape index (κ1) is 23.5. The molecule has 0 N–H and O–H groups in total. The lowest BCUT2D eigenvalue weighted by Gasteiger charge is -2.32. The summed E-state index contributed by atoms with van der Waals surface area (Å²) in [5.41, 5.74) is 2.63. The Morgan fingerprint density at radius 3 is 2.72 bits per heavy atom. The summed E-state index contributed by atoms with van der Waals surface area (Å²) in [6.45, 7) is 2.92. The van der Waals surface area contributed by atoms with Crippen LogP contribution in [0.4, 0.5) is 13.6 Å². The van der Waals surface area contributed by atoms with Crippen molar-refractivity contribution < 1.29 is 23.0 Å². The van der Waals surface area contributed by atoms with Crippen molar-refractivity contribution in [1.82, 2.24) is 18.9 Å². The van der Waals surface area contributed by atoms with Crippen molar-refractivity contribution in [2.45, 2.75) is 19.4 Å². The molecule has 0 bridgehead atoms. The molecule has 184 valence electrons. The van der Waals surface area contributed by atoms with E-state index in [0.717, 1.165) is 5.56 Å². The first-order valence-corrected chi connectivity index (χ1v) is 11.4. The van der Waals surface area contributed by atoms with Crippen LogP contribution in [0.5, 0.6) is 0 Å². The zero-order valence-electron chi connectivity index (χ0n) is 19.7. The summed E-state index contributed by atoms with van der Waals surface area (Å²) in [5, 5.41) is 9.05. The molecule has 10 heteroatoms. The van der Waals surface area contributed by atoms with Gasteiger partial charge in [-0.15, -0.1) is 0 Å². The zero-order chi connectivity index (χ0) is 25.4. The predicted molar refractivity (Wildman–Crippen MR) is 127 cm³/mol. The first-order valence-electron chi connectivity index (χ1n) is 11.4. The second-order valence-corrected chi connectivity index (χ2v) is 8.66. The molecule has 1 aromatic carbocycles. The molecule has 36 heavy (non-hydrogen) atoms. The van der Waals surface area contributed by atoms with Gasteiger partial charge in [0.05, 0.1) is 54.6 Å². The van der Waals surface area contributed by atoms with Crippen molar-refractivity contribution in [2.24, 2.45) is 0 Å². The minimum absolute atomic E-state index is 0.172. The minimum Gasteiger partial charge on any atom is -0.453 e. The van der Waals surface area contributed by atoms with Crippen LogP contribution in [0.15, 0.2) is 48.9 Å². The van der Waals surface area contributed by atoms with E-state index in [1.807, 2.05) is 31.3 Å². The molecular weight excluding hydrogens is 468 g/mol. The van der Waals surface area contributed by atoms with Gasteiger partial charge < -0.3 is 23.3 Å². The van der Waals surface area contributed by atoms with Gasteiger partial charge in [0.25, 0.3) is 0 Å². The van der Waals surface area contributed by atoms with Crippen molar-refractivity contribution in [3.63, 3.8) is 0 Å². The molecule has 1 aliphatic heterocycles. The van der Waals surface area contributed by atoms with Gasteiger partial charge in [0, 0.05) is 31.6 Å². The summed E-state index contributed by atoms with van der Waals surface area (Å²) in [6.07, 6.45) is 4.29. The van der Waals surface area contributed by atoms with Gasteiger partial charge in [0.2, 0.25) is 0 Å². The minimum atomic E-state index is -0.778. The molecule has 3 aromatic heterocycles. The molecule has 1 saturated heterocycles. The van der Waals surface area contributed by atoms with E-state index in [2.05, 4.69) is 4.98 Å². The largest absolute Gasteiger partial charge is 0.453 e. The van der Waals surface area contributed by atoms with Gasteiger partial charge in [0.1, 0.15) is 23.4 Å². The summed E-state index contributed by atoms with van der Waals surface area (Å²) in [5.74, 6) is -1.56. The van der Waals surface area contributed by atoms with Crippen LogP contribution in [0.1, 0.15) is 16.8 Å². The summed E-state index contributed by atoms with van der Waals surface area (Å²) in [6, 6.07) is 9.72. The summed E-state index contributed by atoms with van der Waals surface area (Å²) in [4.78, 5) is 18.2. The number of nitrogens with zero attached hydrogens (tertiary/aromatic N) is 5. The molecule has 0 spiro atoms. The fraction of sp³-hybridized carbons (Fsp3) is 0.269. The van der Waals surface area contributed by atoms with Crippen molar-refractivity contribution in [3.05, 3.63) is 77.4 Å². The van der Waals surface area contributed by atoms with Crippen LogP contribution < -0.4 is 0 Å². The van der Waals surface area contributed by atoms with E-state index in [-0.39, 0.29) is 29.9 Å². The maximum atomic E-state index is 15.5. The molecule has 1 amide bonds. The Morgan fingerprint density at radius 1 is 1.25 bits per heavy atom. The van der Waals surface area contributed by atoms with E-state index in [1.165, 1.54) is 30.0 Å². The van der Waals surface area contributed by atoms with Crippen LogP contribution in [0, 0.1) is 29.9 Å². The maximum absolute atomic E-state index is 15.5. The molecule has 1 atom stereocenters. The second kappa shape index (κ2) is 9.43. The number of rotatable bonds is 4. The van der Waals surface area contributed by atoms with E-state index in [0.29, 0.717) is 30.1 Å². The number of methoxy groups -OCH3 is 1. The highest BCUT2D eigenvalue weighted by Gasteiger charge is 2.29. The third-order valence-electron chi connectivity index (χ3n) is 6.26. The van der Waals surface area contributed by atoms with Crippen LogP contribution in [0.3, 0.4) is 0 Å². The first-order chi connectivity index (χ1) is 17.4. The van der Waals surface area contributed by atoms with Gasteiger partial charge in [-0.3, -0.25) is 0 Å². The number of fused-ring (bicyclic) bond motifs is 1. The number of hydrogen-bond donors (Lipinski definition) is 0. The van der Waals surface area contributed by atoms with E-state index < -0.39 is 23.8 Å². The van der Waals surface area contributed by atoms with E-state index >= 15 is 8.78 Å². The number of carbonyl (C=O) groups is 1. The van der Waals surface area contributed by atoms with E-state index in [1.54, 1.807) is 21.6 Å². The van der Waals surface area contributed by atoms with Gasteiger partial charge in [-0.25, -0.2) is 18.6 Å². The number of ether oxygens (including phenoxy) is 2. The molecule has 8 nitrogen and oxygen atoms in total. The maximum Gasteiger partial charge on any atom is 0.409 e. The number of aryl methyl sites for hydroxylation is 1. The lowest BCUT2D eigenvalue weighted by molar-refractivity contribution is -0.0241. The number of imidazole rings is 1. The van der Waals surface area contributed by atoms with Crippen molar-refractivity contribution >= 4 is 11.7 Å². The number of morpholine rings is 1. The smallest absolute Gasteiger partial charge is 0.409 e. The molecule has 0 aliphatic carbocycles. The third kappa shape index (κ3) is 4.29. The van der Waals surface area contributed by atoms with Gasteiger partial charge in [-0.2, -0.15) is 5.26 Å². The van der Waals surface area contributed by atoms with Gasteiger partial charge in [-0.05, 0) is 42.8 Å². The molecule has 4 aromatic rings. The number of halogens is 2. The average molecular weight is 491 g/mol. The van der Waals surface area contributed by atoms with Crippen molar-refractivity contribution in [3.8, 4) is 23.0 Å². The van der Waals surface area contributed by atoms with Crippen molar-refractivity contribution in [2.75, 3.05) is 26.8 Å². The second-order valence-electron chi connectivity index (χ2n) is 8.66. The number of pyridine rings is 1. The Labute approximate surface area is 205 Å². The van der Waals surface area contributed by atoms with Gasteiger partial charge in [0.15, 0.2) is 0 Å². The average Bonchev–Trinajstić information content (AvgIpc) is 3.48.